The predicted octanol–water partition coefficient (Wildman–Crippen LogP) is 2.85. The lowest BCUT2D eigenvalue weighted by molar-refractivity contribution is 0.0634. The molecule has 0 saturated heterocycles. The number of anilines is 1. The van der Waals surface area contributed by atoms with E-state index in [0.29, 0.717) is 30.5 Å². The second kappa shape index (κ2) is 5.13. The zero-order valence-electron chi connectivity index (χ0n) is 10.9. The van der Waals surface area contributed by atoms with Gasteiger partial charge in [-0.3, -0.25) is 5.32 Å². The Morgan fingerprint density at radius 3 is 2.79 bits per heavy atom. The van der Waals surface area contributed by atoms with Crippen molar-refractivity contribution in [3.8, 4) is 11.6 Å². The van der Waals surface area contributed by atoms with E-state index in [4.69, 9.17) is 25.8 Å². The highest BCUT2D eigenvalue weighted by molar-refractivity contribution is 6.34. The van der Waals surface area contributed by atoms with Crippen LogP contribution in [0, 0.1) is 0 Å². The maximum atomic E-state index is 11.8. The Bertz CT molecular complexity index is 499. The summed E-state index contributed by atoms with van der Waals surface area (Å²) in [5.41, 5.74) is -0.290. The van der Waals surface area contributed by atoms with E-state index in [1.54, 1.807) is 20.8 Å². The van der Waals surface area contributed by atoms with Crippen molar-refractivity contribution in [3.05, 3.63) is 11.2 Å². The van der Waals surface area contributed by atoms with Crippen molar-refractivity contribution in [1.29, 1.82) is 0 Å². The molecule has 7 heteroatoms. The average Bonchev–Trinajstić information content (AvgIpc) is 2.31. The van der Waals surface area contributed by atoms with Crippen LogP contribution < -0.4 is 14.8 Å². The molecular formula is C12H15ClN2O4. The first-order valence-electron chi connectivity index (χ1n) is 5.81. The van der Waals surface area contributed by atoms with Crippen LogP contribution >= 0.6 is 11.6 Å². The first-order chi connectivity index (χ1) is 8.87. The van der Waals surface area contributed by atoms with E-state index in [1.165, 1.54) is 6.20 Å². The van der Waals surface area contributed by atoms with Gasteiger partial charge in [-0.25, -0.2) is 9.78 Å². The number of carbonyl (C=O) groups excluding carboxylic acids is 1. The van der Waals surface area contributed by atoms with Gasteiger partial charge in [-0.05, 0) is 20.8 Å². The Balaban J connectivity index is 2.22. The fourth-order valence-corrected chi connectivity index (χ4v) is 1.68. The summed E-state index contributed by atoms with van der Waals surface area (Å²) in [6, 6.07) is 0. The van der Waals surface area contributed by atoms with E-state index in [1.807, 2.05) is 0 Å². The summed E-state index contributed by atoms with van der Waals surface area (Å²) >= 11 is 6.01. The maximum absolute atomic E-state index is 11.8. The number of nitrogens with zero attached hydrogens (tertiary/aromatic N) is 1. The summed E-state index contributed by atoms with van der Waals surface area (Å²) in [5, 5.41) is 2.82. The average molecular weight is 287 g/mol. The van der Waals surface area contributed by atoms with Gasteiger partial charge in [-0.1, -0.05) is 11.6 Å². The Morgan fingerprint density at radius 2 is 2.11 bits per heavy atom. The van der Waals surface area contributed by atoms with Gasteiger partial charge in [0.2, 0.25) is 5.75 Å². The second-order valence-electron chi connectivity index (χ2n) is 4.94. The zero-order valence-corrected chi connectivity index (χ0v) is 11.7. The number of hydrogen-bond donors (Lipinski definition) is 1. The molecule has 0 atom stereocenters. The lowest BCUT2D eigenvalue weighted by atomic mass is 10.2. The molecule has 1 aromatic heterocycles. The molecule has 0 aromatic carbocycles. The standard InChI is InChI=1S/C12H15ClN2O4/c1-12(2,3)19-11(16)15-8-7(13)6-14-10-9(8)17-4-5-18-10/h6H,4-5H2,1-3H3,(H,14,15,16). The monoisotopic (exact) mass is 286 g/mol. The Labute approximate surface area is 116 Å². The van der Waals surface area contributed by atoms with E-state index in [-0.39, 0.29) is 5.02 Å². The summed E-state index contributed by atoms with van der Waals surface area (Å²) in [6.07, 6.45) is 0.777. The molecular weight excluding hydrogens is 272 g/mol. The largest absolute Gasteiger partial charge is 0.483 e. The third-order valence-electron chi connectivity index (χ3n) is 2.15. The summed E-state index contributed by atoms with van der Waals surface area (Å²) in [5.74, 6) is 0.631. The van der Waals surface area contributed by atoms with Gasteiger partial charge in [0.15, 0.2) is 0 Å². The number of hydrogen-bond acceptors (Lipinski definition) is 5. The lowest BCUT2D eigenvalue weighted by Gasteiger charge is -2.23. The van der Waals surface area contributed by atoms with E-state index in [9.17, 15) is 4.79 Å². The van der Waals surface area contributed by atoms with Gasteiger partial charge in [0, 0.05) is 0 Å². The lowest BCUT2D eigenvalue weighted by Crippen LogP contribution is -2.28. The van der Waals surface area contributed by atoms with Gasteiger partial charge in [0.1, 0.15) is 24.5 Å². The molecule has 1 aromatic rings. The van der Waals surface area contributed by atoms with E-state index >= 15 is 0 Å². The van der Waals surface area contributed by atoms with E-state index < -0.39 is 11.7 Å². The third kappa shape index (κ3) is 3.41. The molecule has 1 aliphatic heterocycles. The minimum Gasteiger partial charge on any atom is -0.483 e. The van der Waals surface area contributed by atoms with Gasteiger partial charge in [0.25, 0.3) is 5.88 Å². The predicted molar refractivity (Wildman–Crippen MR) is 70.1 cm³/mol. The van der Waals surface area contributed by atoms with Crippen LogP contribution in [0.5, 0.6) is 11.6 Å². The Kier molecular flexibility index (Phi) is 3.71. The smallest absolute Gasteiger partial charge is 0.412 e. The van der Waals surface area contributed by atoms with Crippen molar-refractivity contribution in [1.82, 2.24) is 4.98 Å². The number of pyridine rings is 1. The minimum absolute atomic E-state index is 0.259. The fraction of sp³-hybridized carbons (Fsp3) is 0.500. The van der Waals surface area contributed by atoms with Crippen LogP contribution in [-0.4, -0.2) is 29.9 Å². The molecule has 0 radical (unpaired) electrons. The van der Waals surface area contributed by atoms with Gasteiger partial charge in [0.05, 0.1) is 11.2 Å². The summed E-state index contributed by atoms with van der Waals surface area (Å²) in [7, 11) is 0. The topological polar surface area (TPSA) is 69.7 Å². The van der Waals surface area contributed by atoms with Crippen molar-refractivity contribution in [3.63, 3.8) is 0 Å². The molecule has 6 nitrogen and oxygen atoms in total. The van der Waals surface area contributed by atoms with Crippen LogP contribution in [0.3, 0.4) is 0 Å². The number of amides is 1. The number of aromatic nitrogens is 1. The molecule has 1 aliphatic rings. The Morgan fingerprint density at radius 1 is 1.42 bits per heavy atom. The molecule has 2 rings (SSSR count). The van der Waals surface area contributed by atoms with E-state index in [2.05, 4.69) is 10.3 Å². The van der Waals surface area contributed by atoms with Gasteiger partial charge >= 0.3 is 6.09 Å². The van der Waals surface area contributed by atoms with Crippen LogP contribution in [0.1, 0.15) is 20.8 Å². The molecule has 0 bridgehead atoms. The molecule has 1 N–H and O–H groups in total. The minimum atomic E-state index is -0.614. The number of rotatable bonds is 1. The van der Waals surface area contributed by atoms with Gasteiger partial charge < -0.3 is 14.2 Å². The molecule has 2 heterocycles. The molecule has 19 heavy (non-hydrogen) atoms. The fourth-order valence-electron chi connectivity index (χ4n) is 1.49. The molecule has 0 spiro atoms. The van der Waals surface area contributed by atoms with Crippen LogP contribution in [0.25, 0.3) is 0 Å². The van der Waals surface area contributed by atoms with Gasteiger partial charge in [-0.2, -0.15) is 0 Å². The molecule has 0 fully saturated rings. The van der Waals surface area contributed by atoms with E-state index in [0.717, 1.165) is 0 Å². The second-order valence-corrected chi connectivity index (χ2v) is 5.35. The van der Waals surface area contributed by atoms with Crippen LogP contribution in [0.4, 0.5) is 10.5 Å². The number of ether oxygens (including phenoxy) is 3. The molecule has 0 unspecified atom stereocenters. The zero-order chi connectivity index (χ0) is 14.0. The van der Waals surface area contributed by atoms with Crippen LogP contribution in [0.15, 0.2) is 6.20 Å². The Hall–Kier alpha value is -1.69. The maximum Gasteiger partial charge on any atom is 0.412 e. The van der Waals surface area contributed by atoms with Crippen molar-refractivity contribution >= 4 is 23.4 Å². The van der Waals surface area contributed by atoms with Crippen LogP contribution in [-0.2, 0) is 4.74 Å². The summed E-state index contributed by atoms with van der Waals surface area (Å²) in [4.78, 5) is 15.7. The highest BCUT2D eigenvalue weighted by Gasteiger charge is 2.24. The number of nitrogens with one attached hydrogen (secondary N) is 1. The van der Waals surface area contributed by atoms with Crippen molar-refractivity contribution in [2.75, 3.05) is 18.5 Å². The quantitative estimate of drug-likeness (QED) is 0.859. The number of carbonyl (C=O) groups is 1. The highest BCUT2D eigenvalue weighted by atomic mass is 35.5. The SMILES string of the molecule is CC(C)(C)OC(=O)Nc1c(Cl)cnc2c1OCCO2. The van der Waals surface area contributed by atoms with Gasteiger partial charge in [-0.15, -0.1) is 0 Å². The first-order valence-corrected chi connectivity index (χ1v) is 6.19. The van der Waals surface area contributed by atoms with Crippen molar-refractivity contribution in [2.24, 2.45) is 0 Å². The molecule has 0 aliphatic carbocycles. The molecule has 0 saturated carbocycles. The van der Waals surface area contributed by atoms with Crippen LogP contribution in [0.2, 0.25) is 5.02 Å². The summed E-state index contributed by atoms with van der Waals surface area (Å²) < 4.78 is 15.9. The summed E-state index contributed by atoms with van der Waals surface area (Å²) in [6.45, 7) is 6.10. The van der Waals surface area contributed by atoms with Crippen molar-refractivity contribution in [2.45, 2.75) is 26.4 Å². The molecule has 1 amide bonds. The van der Waals surface area contributed by atoms with Crippen molar-refractivity contribution < 1.29 is 19.0 Å². The highest BCUT2D eigenvalue weighted by Crippen LogP contribution is 2.40. The first kappa shape index (κ1) is 13.7. The molecule has 104 valence electrons. The number of fused-ring (bicyclic) bond motifs is 1. The third-order valence-corrected chi connectivity index (χ3v) is 2.44. The number of halogens is 1. The normalized spacial score (nSPS) is 13.9.